The van der Waals surface area contributed by atoms with Crippen LogP contribution in [0.5, 0.6) is 0 Å². The maximum Gasteiger partial charge on any atom is 0.417 e. The lowest BCUT2D eigenvalue weighted by Gasteiger charge is -2.14. The predicted molar refractivity (Wildman–Crippen MR) is 89.7 cm³/mol. The van der Waals surface area contributed by atoms with Crippen molar-refractivity contribution in [1.29, 1.82) is 0 Å². The summed E-state index contributed by atoms with van der Waals surface area (Å²) >= 11 is 0. The van der Waals surface area contributed by atoms with Crippen LogP contribution >= 0.6 is 0 Å². The normalized spacial score (nSPS) is 12.3. The molecule has 0 saturated heterocycles. The summed E-state index contributed by atoms with van der Waals surface area (Å²) in [6.45, 7) is 0.408. The van der Waals surface area contributed by atoms with Crippen LogP contribution in [0.2, 0.25) is 0 Å². The number of nitrogens with one attached hydrogen (secondary N) is 1. The number of amides is 1. The zero-order valence-corrected chi connectivity index (χ0v) is 14.3. The number of alkyl halides is 3. The van der Waals surface area contributed by atoms with Gasteiger partial charge in [0.15, 0.2) is 6.61 Å². The van der Waals surface area contributed by atoms with Crippen LogP contribution in [0.25, 0.3) is 0 Å². The fourth-order valence-electron chi connectivity index (χ4n) is 2.26. The van der Waals surface area contributed by atoms with E-state index in [1.165, 1.54) is 0 Å². The van der Waals surface area contributed by atoms with Gasteiger partial charge < -0.3 is 14.6 Å². The zero-order chi connectivity index (χ0) is 20.0. The van der Waals surface area contributed by atoms with Crippen molar-refractivity contribution in [2.45, 2.75) is 25.7 Å². The third kappa shape index (κ3) is 5.98. The number of halogens is 3. The standard InChI is InChI=1S/C18H17F3N2O4/c1-12(13-5-3-2-4-6-13)22-15(24)11-27-17(26)10-23-9-14(18(19,20)21)7-8-16(23)25/h2-9,12H,10-11H2,1H3,(H,22,24)/t12-/m0/s1. The van der Waals surface area contributed by atoms with Gasteiger partial charge in [0, 0.05) is 12.3 Å². The molecule has 0 fully saturated rings. The van der Waals surface area contributed by atoms with E-state index < -0.39 is 42.3 Å². The van der Waals surface area contributed by atoms with Crippen molar-refractivity contribution in [2.75, 3.05) is 6.61 Å². The van der Waals surface area contributed by atoms with E-state index in [0.29, 0.717) is 22.9 Å². The number of carbonyl (C=O) groups excluding carboxylic acids is 2. The molecule has 1 N–H and O–H groups in total. The number of carbonyl (C=O) groups is 2. The minimum atomic E-state index is -4.65. The first-order valence-electron chi connectivity index (χ1n) is 7.94. The molecular weight excluding hydrogens is 365 g/mol. The fraction of sp³-hybridized carbons (Fsp3) is 0.278. The third-order valence-corrected chi connectivity index (χ3v) is 3.65. The molecule has 0 bridgehead atoms. The Morgan fingerprint density at radius 3 is 2.44 bits per heavy atom. The first-order chi connectivity index (χ1) is 12.7. The van der Waals surface area contributed by atoms with Gasteiger partial charge in [-0.2, -0.15) is 13.2 Å². The molecule has 144 valence electrons. The average Bonchev–Trinajstić information content (AvgIpc) is 2.61. The van der Waals surface area contributed by atoms with Gasteiger partial charge in [-0.3, -0.25) is 14.4 Å². The summed E-state index contributed by atoms with van der Waals surface area (Å²) < 4.78 is 43.3. The summed E-state index contributed by atoms with van der Waals surface area (Å²) in [5.74, 6) is -1.57. The first-order valence-corrected chi connectivity index (χ1v) is 7.94. The van der Waals surface area contributed by atoms with Gasteiger partial charge in [-0.05, 0) is 18.6 Å². The van der Waals surface area contributed by atoms with Gasteiger partial charge in [0.05, 0.1) is 11.6 Å². The van der Waals surface area contributed by atoms with E-state index in [0.717, 1.165) is 5.56 Å². The van der Waals surface area contributed by atoms with Crippen molar-refractivity contribution in [3.8, 4) is 0 Å². The molecule has 0 saturated carbocycles. The Morgan fingerprint density at radius 2 is 1.81 bits per heavy atom. The Bertz CT molecular complexity index is 863. The van der Waals surface area contributed by atoms with Crippen LogP contribution in [-0.2, 0) is 27.0 Å². The van der Waals surface area contributed by atoms with Gasteiger partial charge >= 0.3 is 12.1 Å². The molecule has 6 nitrogen and oxygen atoms in total. The summed E-state index contributed by atoms with van der Waals surface area (Å²) in [5.41, 5.74) is -1.00. The van der Waals surface area contributed by atoms with E-state index >= 15 is 0 Å². The van der Waals surface area contributed by atoms with Gasteiger partial charge in [0.25, 0.3) is 11.5 Å². The second-order valence-electron chi connectivity index (χ2n) is 5.74. The number of pyridine rings is 1. The number of hydrogen-bond donors (Lipinski definition) is 1. The molecule has 0 unspecified atom stereocenters. The van der Waals surface area contributed by atoms with Crippen LogP contribution in [0.4, 0.5) is 13.2 Å². The van der Waals surface area contributed by atoms with E-state index in [4.69, 9.17) is 4.74 Å². The van der Waals surface area contributed by atoms with Crippen molar-refractivity contribution >= 4 is 11.9 Å². The van der Waals surface area contributed by atoms with Crippen LogP contribution < -0.4 is 10.9 Å². The molecule has 2 aromatic rings. The van der Waals surface area contributed by atoms with Gasteiger partial charge in [-0.15, -0.1) is 0 Å². The predicted octanol–water partition coefficient (Wildman–Crippen LogP) is 2.29. The molecular formula is C18H17F3N2O4. The minimum Gasteiger partial charge on any atom is -0.454 e. The zero-order valence-electron chi connectivity index (χ0n) is 14.3. The highest BCUT2D eigenvalue weighted by molar-refractivity contribution is 5.80. The third-order valence-electron chi connectivity index (χ3n) is 3.65. The second kappa shape index (κ2) is 8.52. The highest BCUT2D eigenvalue weighted by Crippen LogP contribution is 2.27. The van der Waals surface area contributed by atoms with Crippen molar-refractivity contribution in [1.82, 2.24) is 9.88 Å². The maximum atomic E-state index is 12.7. The summed E-state index contributed by atoms with van der Waals surface area (Å²) in [4.78, 5) is 35.2. The fourth-order valence-corrected chi connectivity index (χ4v) is 2.26. The largest absolute Gasteiger partial charge is 0.454 e. The molecule has 0 aliphatic rings. The van der Waals surface area contributed by atoms with E-state index in [1.54, 1.807) is 6.92 Å². The van der Waals surface area contributed by atoms with Crippen LogP contribution in [0.15, 0.2) is 53.5 Å². The smallest absolute Gasteiger partial charge is 0.417 e. The van der Waals surface area contributed by atoms with Crippen molar-refractivity contribution in [3.05, 3.63) is 70.1 Å². The monoisotopic (exact) mass is 382 g/mol. The van der Waals surface area contributed by atoms with E-state index in [9.17, 15) is 27.6 Å². The van der Waals surface area contributed by atoms with E-state index in [-0.39, 0.29) is 6.04 Å². The van der Waals surface area contributed by atoms with Crippen LogP contribution in [0, 0.1) is 0 Å². The number of aromatic nitrogens is 1. The summed E-state index contributed by atoms with van der Waals surface area (Å²) in [7, 11) is 0. The molecule has 9 heteroatoms. The highest BCUT2D eigenvalue weighted by atomic mass is 19.4. The highest BCUT2D eigenvalue weighted by Gasteiger charge is 2.31. The van der Waals surface area contributed by atoms with Gasteiger partial charge in [-0.25, -0.2) is 0 Å². The number of esters is 1. The van der Waals surface area contributed by atoms with Crippen molar-refractivity contribution in [3.63, 3.8) is 0 Å². The lowest BCUT2D eigenvalue weighted by atomic mass is 10.1. The number of nitrogens with zero attached hydrogens (tertiary/aromatic N) is 1. The Balaban J connectivity index is 1.89. The molecule has 0 radical (unpaired) electrons. The molecule has 1 aromatic carbocycles. The van der Waals surface area contributed by atoms with E-state index in [2.05, 4.69) is 5.32 Å². The maximum absolute atomic E-state index is 12.7. The van der Waals surface area contributed by atoms with E-state index in [1.807, 2.05) is 30.3 Å². The van der Waals surface area contributed by atoms with Crippen LogP contribution in [0.3, 0.4) is 0 Å². The molecule has 0 spiro atoms. The quantitative estimate of drug-likeness (QED) is 0.778. The topological polar surface area (TPSA) is 77.4 Å². The van der Waals surface area contributed by atoms with Crippen molar-refractivity contribution in [2.24, 2.45) is 0 Å². The Kier molecular flexibility index (Phi) is 6.38. The minimum absolute atomic E-state index is 0.316. The molecule has 1 aromatic heterocycles. The van der Waals surface area contributed by atoms with Crippen molar-refractivity contribution < 1.29 is 27.5 Å². The SMILES string of the molecule is C[C@H](NC(=O)COC(=O)Cn1cc(C(F)(F)F)ccc1=O)c1ccccc1. The number of hydrogen-bond acceptors (Lipinski definition) is 4. The number of rotatable bonds is 6. The average molecular weight is 382 g/mol. The molecule has 27 heavy (non-hydrogen) atoms. The Labute approximate surface area is 152 Å². The van der Waals surface area contributed by atoms with Crippen LogP contribution in [-0.4, -0.2) is 23.1 Å². The molecule has 0 aliphatic heterocycles. The van der Waals surface area contributed by atoms with Gasteiger partial charge in [-0.1, -0.05) is 30.3 Å². The lowest BCUT2D eigenvalue weighted by Crippen LogP contribution is -2.32. The van der Waals surface area contributed by atoms with Gasteiger partial charge in [0.1, 0.15) is 6.54 Å². The lowest BCUT2D eigenvalue weighted by molar-refractivity contribution is -0.149. The molecule has 0 aliphatic carbocycles. The van der Waals surface area contributed by atoms with Crippen LogP contribution in [0.1, 0.15) is 24.1 Å². The molecule has 1 heterocycles. The number of benzene rings is 1. The number of ether oxygens (including phenoxy) is 1. The summed E-state index contributed by atoms with van der Waals surface area (Å²) in [6, 6.07) is 10.1. The Morgan fingerprint density at radius 1 is 1.15 bits per heavy atom. The molecule has 1 amide bonds. The molecule has 2 rings (SSSR count). The summed E-state index contributed by atoms with van der Waals surface area (Å²) in [6.07, 6.45) is -4.12. The first kappa shape index (κ1) is 20.2. The van der Waals surface area contributed by atoms with Gasteiger partial charge in [0.2, 0.25) is 0 Å². The molecule has 1 atom stereocenters. The Hall–Kier alpha value is -3.10. The summed E-state index contributed by atoms with van der Waals surface area (Å²) in [5, 5.41) is 2.62. The second-order valence-corrected chi connectivity index (χ2v) is 5.74.